The highest BCUT2D eigenvalue weighted by molar-refractivity contribution is 7.99. The summed E-state index contributed by atoms with van der Waals surface area (Å²) in [6.45, 7) is 0.876. The Hall–Kier alpha value is -1.85. The molecule has 0 aliphatic heterocycles. The van der Waals surface area contributed by atoms with Crippen molar-refractivity contribution in [2.45, 2.75) is 35.2 Å². The minimum absolute atomic E-state index is 0.128. The van der Waals surface area contributed by atoms with Crippen LogP contribution in [0.3, 0.4) is 0 Å². The van der Waals surface area contributed by atoms with Crippen LogP contribution in [-0.2, 0) is 6.54 Å². The molecule has 4 nitrogen and oxygen atoms in total. The Morgan fingerprint density at radius 1 is 1.14 bits per heavy atom. The van der Waals surface area contributed by atoms with E-state index in [1.807, 2.05) is 12.1 Å². The normalized spacial score (nSPS) is 14.1. The number of non-ortho nitro benzene ring substituents is 1. The van der Waals surface area contributed by atoms with Gasteiger partial charge in [0.05, 0.1) is 4.92 Å². The largest absolute Gasteiger partial charge is 0.310 e. The summed E-state index contributed by atoms with van der Waals surface area (Å²) in [5.41, 5.74) is 1.40. The van der Waals surface area contributed by atoms with E-state index in [1.54, 1.807) is 36.0 Å². The number of nitrogens with zero attached hydrogens (tertiary/aromatic N) is 1. The first-order valence-electron chi connectivity index (χ1n) is 6.96. The van der Waals surface area contributed by atoms with Crippen molar-refractivity contribution in [3.8, 4) is 0 Å². The molecule has 1 saturated carbocycles. The van der Waals surface area contributed by atoms with Crippen LogP contribution in [0.5, 0.6) is 0 Å². The van der Waals surface area contributed by atoms with Crippen LogP contribution in [0.15, 0.2) is 58.3 Å². The van der Waals surface area contributed by atoms with Crippen LogP contribution in [-0.4, -0.2) is 11.0 Å². The molecule has 0 saturated heterocycles. The van der Waals surface area contributed by atoms with Crippen molar-refractivity contribution in [2.75, 3.05) is 0 Å². The number of rotatable bonds is 6. The Labute approximate surface area is 127 Å². The molecular formula is C16H16N2O2S. The molecule has 0 unspecified atom stereocenters. The number of benzene rings is 2. The average Bonchev–Trinajstić information content (AvgIpc) is 3.31. The summed E-state index contributed by atoms with van der Waals surface area (Å²) in [5.74, 6) is 0. The second-order valence-electron chi connectivity index (χ2n) is 5.12. The number of nitrogens with one attached hydrogen (secondary N) is 1. The van der Waals surface area contributed by atoms with E-state index in [1.165, 1.54) is 23.3 Å². The van der Waals surface area contributed by atoms with Gasteiger partial charge in [-0.3, -0.25) is 10.1 Å². The zero-order chi connectivity index (χ0) is 14.7. The Bertz CT molecular complexity index is 639. The van der Waals surface area contributed by atoms with Crippen molar-refractivity contribution >= 4 is 17.4 Å². The van der Waals surface area contributed by atoms with Gasteiger partial charge in [0.2, 0.25) is 0 Å². The fourth-order valence-corrected chi connectivity index (χ4v) is 3.00. The Morgan fingerprint density at radius 3 is 2.52 bits per heavy atom. The van der Waals surface area contributed by atoms with Crippen molar-refractivity contribution in [3.05, 3.63) is 64.2 Å². The average molecular weight is 300 g/mol. The molecule has 3 rings (SSSR count). The molecule has 21 heavy (non-hydrogen) atoms. The molecule has 2 aromatic carbocycles. The van der Waals surface area contributed by atoms with Crippen LogP contribution in [0.2, 0.25) is 0 Å². The summed E-state index contributed by atoms with van der Waals surface area (Å²) >= 11 is 1.64. The summed E-state index contributed by atoms with van der Waals surface area (Å²) in [5, 5.41) is 14.2. The van der Waals surface area contributed by atoms with E-state index >= 15 is 0 Å². The van der Waals surface area contributed by atoms with E-state index in [2.05, 4.69) is 17.4 Å². The highest BCUT2D eigenvalue weighted by atomic mass is 32.2. The SMILES string of the molecule is O=[N+]([O-])c1ccc(Sc2ccccc2CNC2CC2)cc1. The van der Waals surface area contributed by atoms with Gasteiger partial charge in [0.15, 0.2) is 0 Å². The maximum Gasteiger partial charge on any atom is 0.269 e. The number of hydrogen-bond acceptors (Lipinski definition) is 4. The van der Waals surface area contributed by atoms with Crippen molar-refractivity contribution < 1.29 is 4.92 Å². The smallest absolute Gasteiger partial charge is 0.269 e. The summed E-state index contributed by atoms with van der Waals surface area (Å²) in [7, 11) is 0. The first-order valence-corrected chi connectivity index (χ1v) is 7.77. The number of hydrogen-bond donors (Lipinski definition) is 1. The topological polar surface area (TPSA) is 55.2 Å². The van der Waals surface area contributed by atoms with Crippen LogP contribution in [0, 0.1) is 10.1 Å². The molecule has 0 aromatic heterocycles. The standard InChI is InChI=1S/C16H16N2O2S/c19-18(20)14-7-9-15(10-8-14)21-16-4-2-1-3-12(16)11-17-13-5-6-13/h1-4,7-10,13,17H,5-6,11H2. The molecule has 5 heteroatoms. The second kappa shape index (κ2) is 6.28. The lowest BCUT2D eigenvalue weighted by atomic mass is 10.2. The molecule has 0 radical (unpaired) electrons. The van der Waals surface area contributed by atoms with Gasteiger partial charge in [0, 0.05) is 34.5 Å². The third-order valence-electron chi connectivity index (χ3n) is 3.41. The van der Waals surface area contributed by atoms with Crippen LogP contribution >= 0.6 is 11.8 Å². The van der Waals surface area contributed by atoms with Crippen molar-refractivity contribution in [2.24, 2.45) is 0 Å². The number of nitro benzene ring substituents is 1. The van der Waals surface area contributed by atoms with E-state index in [4.69, 9.17) is 0 Å². The molecular weight excluding hydrogens is 284 g/mol. The van der Waals surface area contributed by atoms with Gasteiger partial charge in [-0.2, -0.15) is 0 Å². The molecule has 1 aliphatic rings. The number of nitro groups is 1. The fourth-order valence-electron chi connectivity index (χ4n) is 2.05. The van der Waals surface area contributed by atoms with Crippen LogP contribution in [0.4, 0.5) is 5.69 Å². The van der Waals surface area contributed by atoms with E-state index in [-0.39, 0.29) is 10.6 Å². The Kier molecular flexibility index (Phi) is 4.22. The molecule has 0 amide bonds. The molecule has 1 N–H and O–H groups in total. The Morgan fingerprint density at radius 2 is 1.86 bits per heavy atom. The molecule has 0 atom stereocenters. The Balaban J connectivity index is 1.72. The summed E-state index contributed by atoms with van der Waals surface area (Å²) in [6.07, 6.45) is 2.55. The van der Waals surface area contributed by atoms with Gasteiger partial charge >= 0.3 is 0 Å². The van der Waals surface area contributed by atoms with Gasteiger partial charge < -0.3 is 5.32 Å². The highest BCUT2D eigenvalue weighted by Gasteiger charge is 2.20. The molecule has 108 valence electrons. The summed E-state index contributed by atoms with van der Waals surface area (Å²) in [6, 6.07) is 15.7. The predicted molar refractivity (Wildman–Crippen MR) is 83.5 cm³/mol. The van der Waals surface area contributed by atoms with Gasteiger partial charge in [-0.1, -0.05) is 30.0 Å². The van der Waals surface area contributed by atoms with E-state index < -0.39 is 0 Å². The van der Waals surface area contributed by atoms with Gasteiger partial charge in [-0.15, -0.1) is 0 Å². The summed E-state index contributed by atoms with van der Waals surface area (Å²) < 4.78 is 0. The molecule has 2 aromatic rings. The minimum Gasteiger partial charge on any atom is -0.310 e. The van der Waals surface area contributed by atoms with Gasteiger partial charge in [-0.25, -0.2) is 0 Å². The van der Waals surface area contributed by atoms with E-state index in [9.17, 15) is 10.1 Å². The third kappa shape index (κ3) is 3.83. The van der Waals surface area contributed by atoms with Crippen molar-refractivity contribution in [1.29, 1.82) is 0 Å². The second-order valence-corrected chi connectivity index (χ2v) is 6.23. The van der Waals surface area contributed by atoms with Crippen LogP contribution < -0.4 is 5.32 Å². The van der Waals surface area contributed by atoms with Gasteiger partial charge in [0.25, 0.3) is 5.69 Å². The zero-order valence-corrected chi connectivity index (χ0v) is 12.3. The molecule has 0 bridgehead atoms. The van der Waals surface area contributed by atoms with Crippen molar-refractivity contribution in [3.63, 3.8) is 0 Å². The predicted octanol–water partition coefficient (Wildman–Crippen LogP) is 4.00. The first-order chi connectivity index (χ1) is 10.2. The lowest BCUT2D eigenvalue weighted by Crippen LogP contribution is -2.15. The monoisotopic (exact) mass is 300 g/mol. The molecule has 1 aliphatic carbocycles. The minimum atomic E-state index is -0.373. The van der Waals surface area contributed by atoms with E-state index in [0.29, 0.717) is 6.04 Å². The quantitative estimate of drug-likeness (QED) is 0.647. The molecule has 1 fully saturated rings. The highest BCUT2D eigenvalue weighted by Crippen LogP contribution is 2.32. The zero-order valence-electron chi connectivity index (χ0n) is 11.5. The third-order valence-corrected chi connectivity index (χ3v) is 4.53. The lowest BCUT2D eigenvalue weighted by Gasteiger charge is -2.09. The molecule has 0 heterocycles. The van der Waals surface area contributed by atoms with Crippen molar-refractivity contribution in [1.82, 2.24) is 5.32 Å². The maximum atomic E-state index is 10.7. The van der Waals surface area contributed by atoms with Gasteiger partial charge in [0.1, 0.15) is 0 Å². The van der Waals surface area contributed by atoms with Gasteiger partial charge in [-0.05, 0) is 36.6 Å². The van der Waals surface area contributed by atoms with E-state index in [0.717, 1.165) is 11.4 Å². The van der Waals surface area contributed by atoms with Crippen LogP contribution in [0.1, 0.15) is 18.4 Å². The summed E-state index contributed by atoms with van der Waals surface area (Å²) in [4.78, 5) is 12.5. The molecule has 0 spiro atoms. The maximum absolute atomic E-state index is 10.7. The lowest BCUT2D eigenvalue weighted by molar-refractivity contribution is -0.384. The first kappa shape index (κ1) is 14.1. The van der Waals surface area contributed by atoms with Crippen LogP contribution in [0.25, 0.3) is 0 Å². The fraction of sp³-hybridized carbons (Fsp3) is 0.250.